The van der Waals surface area contributed by atoms with Crippen LogP contribution in [0, 0.1) is 5.92 Å². The number of aromatic nitrogens is 2. The number of benzene rings is 1. The number of likely N-dealkylation sites (tertiary alicyclic amines) is 1. The van der Waals surface area contributed by atoms with E-state index in [4.69, 9.17) is 5.10 Å². The third kappa shape index (κ3) is 3.02. The number of nitrogens with zero attached hydrogens (tertiary/aromatic N) is 4. The monoisotopic (exact) mass is 340 g/mol. The van der Waals surface area contributed by atoms with Gasteiger partial charge < -0.3 is 10.0 Å². The highest BCUT2D eigenvalue weighted by Crippen LogP contribution is 2.30. The number of hydrogen-bond acceptors (Lipinski definition) is 3. The van der Waals surface area contributed by atoms with E-state index in [9.17, 15) is 9.90 Å². The van der Waals surface area contributed by atoms with Crippen molar-refractivity contribution in [2.45, 2.75) is 25.8 Å². The van der Waals surface area contributed by atoms with E-state index in [1.54, 1.807) is 0 Å². The fraction of sp³-hybridized carbons (Fsp3) is 0.474. The first-order valence-electron chi connectivity index (χ1n) is 8.89. The molecule has 2 atom stereocenters. The zero-order valence-electron chi connectivity index (χ0n) is 14.7. The van der Waals surface area contributed by atoms with E-state index >= 15 is 0 Å². The summed E-state index contributed by atoms with van der Waals surface area (Å²) in [6.07, 6.45) is 5.28. The summed E-state index contributed by atoms with van der Waals surface area (Å²) in [7, 11) is 2.14. The second-order valence-corrected chi connectivity index (χ2v) is 7.41. The Bertz CT molecular complexity index is 841. The van der Waals surface area contributed by atoms with E-state index in [-0.39, 0.29) is 0 Å². The lowest BCUT2D eigenvalue weighted by Crippen LogP contribution is -2.34. The van der Waals surface area contributed by atoms with Crippen LogP contribution < -0.4 is 0 Å². The Kier molecular flexibility index (Phi) is 4.00. The van der Waals surface area contributed by atoms with Gasteiger partial charge in [0.15, 0.2) is 0 Å². The lowest BCUT2D eigenvalue weighted by molar-refractivity contribution is 0.159. The number of fused-ring (bicyclic) bond motifs is 1. The number of carboxylic acid groups (broad SMARTS) is 1. The lowest BCUT2D eigenvalue weighted by Gasteiger charge is -2.30. The van der Waals surface area contributed by atoms with Gasteiger partial charge in [-0.1, -0.05) is 19.1 Å². The summed E-state index contributed by atoms with van der Waals surface area (Å²) in [5.41, 5.74) is 2.70. The van der Waals surface area contributed by atoms with Crippen LogP contribution >= 0.6 is 0 Å². The van der Waals surface area contributed by atoms with Gasteiger partial charge >= 0.3 is 6.09 Å². The smallest absolute Gasteiger partial charge is 0.411 e. The highest BCUT2D eigenvalue weighted by molar-refractivity contribution is 5.87. The molecule has 1 aromatic carbocycles. The number of amides is 1. The van der Waals surface area contributed by atoms with E-state index in [2.05, 4.69) is 35.8 Å². The van der Waals surface area contributed by atoms with Crippen LogP contribution in [0.4, 0.5) is 4.79 Å². The fourth-order valence-electron chi connectivity index (χ4n) is 3.88. The maximum Gasteiger partial charge on any atom is 0.411 e. The summed E-state index contributed by atoms with van der Waals surface area (Å²) in [4.78, 5) is 15.4. The standard InChI is InChI=1S/C19H24N4O2/c1-13-3-6-18(22(10-13)19(24)25)14-4-5-17-15(9-14)11-23(20-17)16-7-8-21(2)12-16/h4-6,9,11,13,16H,3,7-8,10,12H2,1-2H3,(H,24,25)/t13-,16+/m0/s1. The van der Waals surface area contributed by atoms with Gasteiger partial charge in [0.05, 0.1) is 17.3 Å². The number of allylic oxidation sites excluding steroid dienone is 1. The SMILES string of the molecule is C[C@H]1CC=C(c2ccc3nn([C@@H]4CCN(C)C4)cc3c2)N(C(=O)O)C1. The van der Waals surface area contributed by atoms with Gasteiger partial charge in [0.2, 0.25) is 0 Å². The minimum Gasteiger partial charge on any atom is -0.465 e. The average molecular weight is 340 g/mol. The van der Waals surface area contributed by atoms with Crippen LogP contribution in [0.2, 0.25) is 0 Å². The summed E-state index contributed by atoms with van der Waals surface area (Å²) in [6, 6.07) is 6.47. The molecule has 1 saturated heterocycles. The molecule has 0 bridgehead atoms. The van der Waals surface area contributed by atoms with Crippen molar-refractivity contribution in [1.82, 2.24) is 19.6 Å². The van der Waals surface area contributed by atoms with Crippen LogP contribution in [0.5, 0.6) is 0 Å². The molecule has 2 aromatic rings. The quantitative estimate of drug-likeness (QED) is 0.911. The number of rotatable bonds is 2. The topological polar surface area (TPSA) is 61.6 Å². The van der Waals surface area contributed by atoms with E-state index in [0.717, 1.165) is 48.1 Å². The van der Waals surface area contributed by atoms with E-state index in [1.165, 1.54) is 4.90 Å². The van der Waals surface area contributed by atoms with Gasteiger partial charge in [-0.3, -0.25) is 9.58 Å². The van der Waals surface area contributed by atoms with Gasteiger partial charge in [0.1, 0.15) is 0 Å². The third-order valence-corrected chi connectivity index (χ3v) is 5.29. The van der Waals surface area contributed by atoms with E-state index in [0.29, 0.717) is 18.5 Å². The van der Waals surface area contributed by atoms with Crippen molar-refractivity contribution in [3.63, 3.8) is 0 Å². The molecule has 4 rings (SSSR count). The van der Waals surface area contributed by atoms with Crippen LogP contribution in [0.25, 0.3) is 16.6 Å². The van der Waals surface area contributed by atoms with Crippen molar-refractivity contribution < 1.29 is 9.90 Å². The van der Waals surface area contributed by atoms with Crippen molar-refractivity contribution >= 4 is 22.7 Å². The van der Waals surface area contributed by atoms with Gasteiger partial charge in [-0.15, -0.1) is 0 Å². The molecule has 0 radical (unpaired) electrons. The minimum absolute atomic E-state index is 0.352. The molecule has 0 saturated carbocycles. The normalized spacial score (nSPS) is 24.7. The molecule has 0 aliphatic carbocycles. The van der Waals surface area contributed by atoms with E-state index in [1.807, 2.05) is 18.2 Å². The van der Waals surface area contributed by atoms with Crippen molar-refractivity contribution in [2.75, 3.05) is 26.7 Å². The zero-order valence-corrected chi connectivity index (χ0v) is 14.7. The average Bonchev–Trinajstić information content (AvgIpc) is 3.19. The summed E-state index contributed by atoms with van der Waals surface area (Å²) >= 11 is 0. The molecule has 6 heteroatoms. The predicted octanol–water partition coefficient (Wildman–Crippen LogP) is 3.27. The minimum atomic E-state index is -0.886. The second kappa shape index (κ2) is 6.19. The van der Waals surface area contributed by atoms with Gasteiger partial charge in [-0.2, -0.15) is 5.10 Å². The highest BCUT2D eigenvalue weighted by Gasteiger charge is 2.25. The van der Waals surface area contributed by atoms with Crippen molar-refractivity contribution in [3.8, 4) is 0 Å². The second-order valence-electron chi connectivity index (χ2n) is 7.41. The lowest BCUT2D eigenvalue weighted by atomic mass is 9.98. The molecule has 2 aliphatic rings. The first-order valence-corrected chi connectivity index (χ1v) is 8.89. The molecule has 6 nitrogen and oxygen atoms in total. The molecule has 25 heavy (non-hydrogen) atoms. The molecular formula is C19H24N4O2. The predicted molar refractivity (Wildman–Crippen MR) is 97.4 cm³/mol. The maximum absolute atomic E-state index is 11.6. The fourth-order valence-corrected chi connectivity index (χ4v) is 3.88. The van der Waals surface area contributed by atoms with Crippen LogP contribution in [0.1, 0.15) is 31.4 Å². The molecule has 132 valence electrons. The van der Waals surface area contributed by atoms with E-state index < -0.39 is 6.09 Å². The molecule has 3 heterocycles. The first kappa shape index (κ1) is 16.1. The highest BCUT2D eigenvalue weighted by atomic mass is 16.4. The third-order valence-electron chi connectivity index (χ3n) is 5.29. The molecule has 1 amide bonds. The summed E-state index contributed by atoms with van der Waals surface area (Å²) < 4.78 is 2.07. The maximum atomic E-state index is 11.6. The molecular weight excluding hydrogens is 316 g/mol. The molecule has 2 aliphatic heterocycles. The Morgan fingerprint density at radius 1 is 1.32 bits per heavy atom. The van der Waals surface area contributed by atoms with Crippen molar-refractivity contribution in [1.29, 1.82) is 0 Å². The molecule has 1 N–H and O–H groups in total. The van der Waals surface area contributed by atoms with Gasteiger partial charge in [-0.05, 0) is 50.0 Å². The number of hydrogen-bond donors (Lipinski definition) is 1. The van der Waals surface area contributed by atoms with Gasteiger partial charge in [-0.25, -0.2) is 4.79 Å². The van der Waals surface area contributed by atoms with Crippen LogP contribution in [0.15, 0.2) is 30.5 Å². The van der Waals surface area contributed by atoms with Crippen molar-refractivity contribution in [2.24, 2.45) is 5.92 Å². The van der Waals surface area contributed by atoms with Crippen LogP contribution in [0.3, 0.4) is 0 Å². The summed E-state index contributed by atoms with van der Waals surface area (Å²) in [5.74, 6) is 0.352. The Labute approximate surface area is 147 Å². The van der Waals surface area contributed by atoms with Crippen LogP contribution in [-0.2, 0) is 0 Å². The summed E-state index contributed by atoms with van der Waals surface area (Å²) in [5, 5.41) is 15.3. The van der Waals surface area contributed by atoms with Crippen LogP contribution in [-0.4, -0.2) is 57.5 Å². The first-order chi connectivity index (χ1) is 12.0. The number of carbonyl (C=O) groups is 1. The van der Waals surface area contributed by atoms with Gasteiger partial charge in [0, 0.05) is 24.7 Å². The largest absolute Gasteiger partial charge is 0.465 e. The Balaban J connectivity index is 1.68. The molecule has 1 aromatic heterocycles. The number of likely N-dealkylation sites (N-methyl/N-ethyl adjacent to an activating group) is 1. The Hall–Kier alpha value is -2.34. The molecule has 0 unspecified atom stereocenters. The zero-order chi connectivity index (χ0) is 17.6. The summed E-state index contributed by atoms with van der Waals surface area (Å²) in [6.45, 7) is 4.75. The molecule has 1 fully saturated rings. The van der Waals surface area contributed by atoms with Crippen molar-refractivity contribution in [3.05, 3.63) is 36.0 Å². The Morgan fingerprint density at radius 3 is 2.88 bits per heavy atom. The van der Waals surface area contributed by atoms with Gasteiger partial charge in [0.25, 0.3) is 0 Å². The Morgan fingerprint density at radius 2 is 2.16 bits per heavy atom. The molecule has 0 spiro atoms.